The molecule has 3 aliphatic rings. The predicted octanol–water partition coefficient (Wildman–Crippen LogP) is 3.96. The lowest BCUT2D eigenvalue weighted by Crippen LogP contribution is -2.40. The molecule has 2 saturated heterocycles. The normalized spacial score (nSPS) is 31.5. The first kappa shape index (κ1) is 20.8. The molecule has 0 aromatic heterocycles. The van der Waals surface area contributed by atoms with Gasteiger partial charge in [0.2, 0.25) is 5.91 Å². The van der Waals surface area contributed by atoms with Crippen LogP contribution in [0.3, 0.4) is 0 Å². The van der Waals surface area contributed by atoms with Crippen LogP contribution in [0, 0.1) is 17.3 Å². The van der Waals surface area contributed by atoms with E-state index in [9.17, 15) is 14.7 Å². The number of likely N-dealkylation sites (tertiary alicyclic amines) is 1. The Labute approximate surface area is 168 Å². The summed E-state index contributed by atoms with van der Waals surface area (Å²) < 4.78 is 5.96. The van der Waals surface area contributed by atoms with Crippen LogP contribution in [0.4, 0.5) is 0 Å². The molecule has 3 aliphatic heterocycles. The van der Waals surface area contributed by atoms with Crippen LogP contribution in [0.1, 0.15) is 53.9 Å². The predicted molar refractivity (Wildman–Crippen MR) is 109 cm³/mol. The minimum absolute atomic E-state index is 0.0726. The first-order chi connectivity index (χ1) is 13.0. The summed E-state index contributed by atoms with van der Waals surface area (Å²) in [6.07, 6.45) is 10.8. The maximum absolute atomic E-state index is 13.0. The van der Waals surface area contributed by atoms with Crippen molar-refractivity contribution in [3.05, 3.63) is 35.5 Å². The van der Waals surface area contributed by atoms with Crippen LogP contribution in [-0.4, -0.2) is 46.7 Å². The number of aliphatic carboxylic acids is 1. The van der Waals surface area contributed by atoms with Crippen LogP contribution in [0.5, 0.6) is 0 Å². The smallest absolute Gasteiger partial charge is 0.310 e. The summed E-state index contributed by atoms with van der Waals surface area (Å²) in [7, 11) is 0. The number of carbonyl (C=O) groups excluding carboxylic acids is 1. The van der Waals surface area contributed by atoms with Gasteiger partial charge in [-0.15, -0.1) is 0 Å². The molecule has 1 amide bonds. The minimum atomic E-state index is -0.939. The number of ether oxygens (including phenoxy) is 1. The molecule has 0 aliphatic carbocycles. The number of carbonyl (C=O) groups is 2. The second-order valence-electron chi connectivity index (χ2n) is 9.67. The maximum Gasteiger partial charge on any atom is 0.310 e. The third-order valence-corrected chi connectivity index (χ3v) is 6.18. The highest BCUT2D eigenvalue weighted by Gasteiger charge is 2.67. The highest BCUT2D eigenvalue weighted by molar-refractivity contribution is 5.90. The maximum atomic E-state index is 13.0. The lowest BCUT2D eigenvalue weighted by Gasteiger charge is -2.31. The first-order valence-electron chi connectivity index (χ1n) is 10.2. The topological polar surface area (TPSA) is 66.8 Å². The average molecular weight is 388 g/mol. The Morgan fingerprint density at radius 3 is 2.71 bits per heavy atom. The zero-order chi connectivity index (χ0) is 20.7. The van der Waals surface area contributed by atoms with Gasteiger partial charge in [0.1, 0.15) is 11.5 Å². The van der Waals surface area contributed by atoms with Crippen molar-refractivity contribution in [3.8, 4) is 0 Å². The van der Waals surface area contributed by atoms with Crippen molar-refractivity contribution in [2.45, 2.75) is 65.6 Å². The van der Waals surface area contributed by atoms with E-state index >= 15 is 0 Å². The number of nitrogens with zero attached hydrogens (tertiary/aromatic N) is 1. The van der Waals surface area contributed by atoms with E-state index in [0.29, 0.717) is 13.1 Å². The van der Waals surface area contributed by atoms with Gasteiger partial charge >= 0.3 is 5.97 Å². The Bertz CT molecular complexity index is 744. The Morgan fingerprint density at radius 1 is 1.36 bits per heavy atom. The number of carboxylic acids is 1. The molecule has 3 rings (SSSR count). The van der Waals surface area contributed by atoms with Crippen LogP contribution in [-0.2, 0) is 14.3 Å². The molecular weight excluding hydrogens is 354 g/mol. The number of fused-ring (bicyclic) bond motifs is 1. The van der Waals surface area contributed by atoms with E-state index in [1.807, 2.05) is 17.1 Å². The molecule has 0 unspecified atom stereocenters. The van der Waals surface area contributed by atoms with Crippen molar-refractivity contribution in [2.24, 2.45) is 17.3 Å². The number of carboxylic acid groups (broad SMARTS) is 1. The van der Waals surface area contributed by atoms with Crippen LogP contribution < -0.4 is 0 Å². The third-order valence-electron chi connectivity index (χ3n) is 6.18. The Kier molecular flexibility index (Phi) is 5.59. The summed E-state index contributed by atoms with van der Waals surface area (Å²) in [5, 5.41) is 9.57. The quantitative estimate of drug-likeness (QED) is 0.640. The van der Waals surface area contributed by atoms with Crippen molar-refractivity contribution in [3.63, 3.8) is 0 Å². The van der Waals surface area contributed by atoms with E-state index < -0.39 is 29.5 Å². The number of hydrogen-bond acceptors (Lipinski definition) is 3. The molecule has 28 heavy (non-hydrogen) atoms. The Morgan fingerprint density at radius 2 is 2.07 bits per heavy atom. The van der Waals surface area contributed by atoms with Crippen LogP contribution in [0.2, 0.25) is 0 Å². The van der Waals surface area contributed by atoms with E-state index in [1.54, 1.807) is 0 Å². The molecule has 154 valence electrons. The molecule has 2 bridgehead atoms. The zero-order valence-corrected chi connectivity index (χ0v) is 17.7. The molecule has 0 saturated carbocycles. The average Bonchev–Trinajstić information content (AvgIpc) is 3.21. The van der Waals surface area contributed by atoms with E-state index in [2.05, 4.69) is 46.8 Å². The zero-order valence-electron chi connectivity index (χ0n) is 17.7. The van der Waals surface area contributed by atoms with Gasteiger partial charge in [-0.25, -0.2) is 0 Å². The monoisotopic (exact) mass is 387 g/mol. The van der Waals surface area contributed by atoms with Crippen LogP contribution in [0.25, 0.3) is 0 Å². The largest absolute Gasteiger partial charge is 0.481 e. The molecule has 1 N–H and O–H groups in total. The first-order valence-corrected chi connectivity index (χ1v) is 10.2. The van der Waals surface area contributed by atoms with E-state index in [-0.39, 0.29) is 11.3 Å². The molecule has 4 atom stereocenters. The van der Waals surface area contributed by atoms with E-state index in [0.717, 1.165) is 19.3 Å². The van der Waals surface area contributed by atoms with Crippen molar-refractivity contribution >= 4 is 11.9 Å². The SMILES string of the molecule is CC(C)=CCC/C(C)=C\CC(C)(C)CN1C[C@@]23C=C[C@H](O2)[C@H](C(=O)O)[C@@H]3C1=O. The molecule has 1 spiro atoms. The standard InChI is InChI=1S/C23H33NO4/c1-15(2)7-6-8-16(3)9-11-22(4,5)13-24-14-23-12-10-17(28-23)18(21(26)27)19(23)20(24)25/h7,9-10,12,17-19H,6,8,11,13-14H2,1-5H3,(H,26,27)/b16-9-/t17-,18-,19+,23+/m0/s1. The van der Waals surface area contributed by atoms with E-state index in [1.165, 1.54) is 11.1 Å². The molecule has 3 heterocycles. The van der Waals surface area contributed by atoms with Crippen molar-refractivity contribution in [1.29, 1.82) is 0 Å². The van der Waals surface area contributed by atoms with Gasteiger partial charge in [0.05, 0.1) is 18.6 Å². The number of amides is 1. The summed E-state index contributed by atoms with van der Waals surface area (Å²) in [6.45, 7) is 11.8. The van der Waals surface area contributed by atoms with Gasteiger partial charge < -0.3 is 14.7 Å². The fourth-order valence-corrected chi connectivity index (χ4v) is 4.72. The summed E-state index contributed by atoms with van der Waals surface area (Å²) >= 11 is 0. The van der Waals surface area contributed by atoms with Crippen LogP contribution in [0.15, 0.2) is 35.5 Å². The Balaban J connectivity index is 1.62. The fraction of sp³-hybridized carbons (Fsp3) is 0.652. The van der Waals surface area contributed by atoms with Gasteiger partial charge in [-0.05, 0) is 45.4 Å². The van der Waals surface area contributed by atoms with Gasteiger partial charge in [0, 0.05) is 6.54 Å². The van der Waals surface area contributed by atoms with Crippen molar-refractivity contribution in [1.82, 2.24) is 4.90 Å². The van der Waals surface area contributed by atoms with Gasteiger partial charge in [-0.1, -0.05) is 49.3 Å². The highest BCUT2D eigenvalue weighted by Crippen LogP contribution is 2.52. The Hall–Kier alpha value is -1.88. The number of rotatable bonds is 8. The van der Waals surface area contributed by atoms with Gasteiger partial charge in [0.15, 0.2) is 0 Å². The summed E-state index contributed by atoms with van der Waals surface area (Å²) in [5.41, 5.74) is 1.89. The van der Waals surface area contributed by atoms with Gasteiger partial charge in [-0.2, -0.15) is 0 Å². The van der Waals surface area contributed by atoms with Crippen molar-refractivity contribution < 1.29 is 19.4 Å². The van der Waals surface area contributed by atoms with Gasteiger partial charge in [0.25, 0.3) is 0 Å². The highest BCUT2D eigenvalue weighted by atomic mass is 16.5. The number of allylic oxidation sites excluding steroid dienone is 4. The molecule has 2 fully saturated rings. The number of hydrogen-bond donors (Lipinski definition) is 1. The van der Waals surface area contributed by atoms with E-state index in [4.69, 9.17) is 4.74 Å². The molecule has 0 aromatic rings. The fourth-order valence-electron chi connectivity index (χ4n) is 4.72. The minimum Gasteiger partial charge on any atom is -0.481 e. The molecular formula is C23H33NO4. The third kappa shape index (κ3) is 3.95. The summed E-state index contributed by atoms with van der Waals surface area (Å²) in [6, 6.07) is 0. The molecule has 0 aromatic carbocycles. The molecule has 5 heteroatoms. The summed E-state index contributed by atoms with van der Waals surface area (Å²) in [5.74, 6) is -2.36. The van der Waals surface area contributed by atoms with Gasteiger partial charge in [-0.3, -0.25) is 9.59 Å². The lowest BCUT2D eigenvalue weighted by molar-refractivity contribution is -0.148. The lowest BCUT2D eigenvalue weighted by atomic mass is 9.77. The second kappa shape index (κ2) is 7.51. The van der Waals surface area contributed by atoms with Crippen molar-refractivity contribution in [2.75, 3.05) is 13.1 Å². The molecule has 5 nitrogen and oxygen atoms in total. The molecule has 0 radical (unpaired) electrons. The second-order valence-corrected chi connectivity index (χ2v) is 9.67. The summed E-state index contributed by atoms with van der Waals surface area (Å²) in [4.78, 5) is 26.5. The van der Waals surface area contributed by atoms with Crippen LogP contribution >= 0.6 is 0 Å².